The Morgan fingerprint density at radius 1 is 1.54 bits per heavy atom. The van der Waals surface area contributed by atoms with Crippen LogP contribution >= 0.6 is 27.5 Å². The lowest BCUT2D eigenvalue weighted by Gasteiger charge is -2.44. The number of halogens is 2. The average molecular weight is 439 g/mol. The summed E-state index contributed by atoms with van der Waals surface area (Å²) in [6.07, 6.45) is 2.24. The van der Waals surface area contributed by atoms with Gasteiger partial charge >= 0.3 is 0 Å². The molecule has 0 saturated carbocycles. The first kappa shape index (κ1) is 19.3. The van der Waals surface area contributed by atoms with Crippen LogP contribution < -0.4 is 0 Å². The first-order chi connectivity index (χ1) is 11.2. The van der Waals surface area contributed by atoms with Crippen LogP contribution in [0.4, 0.5) is 0 Å². The molecule has 1 aromatic rings. The number of nitrogens with zero attached hydrogens (tertiary/aromatic N) is 3. The fraction of sp³-hybridized carbons (Fsp3) is 0.429. The molecule has 132 valence electrons. The van der Waals surface area contributed by atoms with Gasteiger partial charge in [-0.25, -0.2) is 13.4 Å². The molecule has 1 fully saturated rings. The molecular weight excluding hydrogens is 422 g/mol. The van der Waals surface area contributed by atoms with Gasteiger partial charge in [0.1, 0.15) is 9.76 Å². The summed E-state index contributed by atoms with van der Waals surface area (Å²) < 4.78 is 26.1. The Morgan fingerprint density at radius 2 is 2.21 bits per heavy atom. The Kier molecular flexibility index (Phi) is 6.03. The minimum atomic E-state index is -3.57. The predicted molar refractivity (Wildman–Crippen MR) is 94.0 cm³/mol. The Hall–Kier alpha value is -1.00. The number of aromatic nitrogens is 1. The van der Waals surface area contributed by atoms with Crippen molar-refractivity contribution in [2.24, 2.45) is 0 Å². The van der Waals surface area contributed by atoms with E-state index in [1.165, 1.54) is 9.21 Å². The lowest BCUT2D eigenvalue weighted by atomic mass is 10.0. The summed E-state index contributed by atoms with van der Waals surface area (Å²) in [5.41, 5.74) is 0.602. The maximum atomic E-state index is 12.2. The number of rotatable bonds is 4. The number of sulfonamides is 1. The molecule has 10 heteroatoms. The van der Waals surface area contributed by atoms with Crippen LogP contribution in [-0.2, 0) is 14.8 Å². The van der Waals surface area contributed by atoms with Gasteiger partial charge in [-0.3, -0.25) is 4.79 Å². The van der Waals surface area contributed by atoms with Crippen molar-refractivity contribution in [3.05, 3.63) is 40.1 Å². The highest BCUT2D eigenvalue weighted by atomic mass is 79.9. The van der Waals surface area contributed by atoms with E-state index in [9.17, 15) is 18.3 Å². The molecule has 1 N–H and O–H groups in total. The third-order valence-corrected chi connectivity index (χ3v) is 5.67. The summed E-state index contributed by atoms with van der Waals surface area (Å²) in [6.45, 7) is 3.17. The van der Waals surface area contributed by atoms with Crippen LogP contribution in [0.5, 0.6) is 0 Å². The van der Waals surface area contributed by atoms with Crippen LogP contribution in [0.2, 0.25) is 5.15 Å². The van der Waals surface area contributed by atoms with E-state index in [0.717, 1.165) is 12.3 Å². The van der Waals surface area contributed by atoms with Crippen molar-refractivity contribution in [2.75, 3.05) is 26.0 Å². The van der Waals surface area contributed by atoms with Crippen molar-refractivity contribution >= 4 is 43.5 Å². The third-order valence-electron chi connectivity index (χ3n) is 3.81. The Bertz CT molecular complexity index is 738. The minimum Gasteiger partial charge on any atom is -0.394 e. The number of pyridine rings is 1. The highest BCUT2D eigenvalue weighted by molar-refractivity contribution is 9.10. The number of hydrogen-bond acceptors (Lipinski definition) is 5. The van der Waals surface area contributed by atoms with E-state index in [4.69, 9.17) is 11.6 Å². The zero-order valence-electron chi connectivity index (χ0n) is 12.9. The highest BCUT2D eigenvalue weighted by Gasteiger charge is 2.40. The van der Waals surface area contributed by atoms with Gasteiger partial charge in [0.25, 0.3) is 0 Å². The summed E-state index contributed by atoms with van der Waals surface area (Å²) >= 11 is 9.20. The number of piperazine rings is 1. The highest BCUT2D eigenvalue weighted by Crippen LogP contribution is 2.32. The topological polar surface area (TPSA) is 90.8 Å². The lowest BCUT2D eigenvalue weighted by Crippen LogP contribution is -2.58. The molecule has 1 aromatic heterocycles. The van der Waals surface area contributed by atoms with E-state index in [0.29, 0.717) is 10.2 Å². The van der Waals surface area contributed by atoms with E-state index in [1.807, 2.05) is 0 Å². The fourth-order valence-corrected chi connectivity index (χ4v) is 4.59. The Labute approximate surface area is 154 Å². The molecule has 24 heavy (non-hydrogen) atoms. The molecule has 0 radical (unpaired) electrons. The van der Waals surface area contributed by atoms with E-state index in [1.54, 1.807) is 12.1 Å². The zero-order valence-corrected chi connectivity index (χ0v) is 16.1. The van der Waals surface area contributed by atoms with Gasteiger partial charge in [-0.15, -0.1) is 0 Å². The van der Waals surface area contributed by atoms with Crippen molar-refractivity contribution in [2.45, 2.75) is 12.1 Å². The third kappa shape index (κ3) is 4.15. The molecule has 1 amide bonds. The number of hydrogen-bond donors (Lipinski definition) is 1. The molecule has 0 unspecified atom stereocenters. The van der Waals surface area contributed by atoms with Gasteiger partial charge in [0.15, 0.2) is 0 Å². The number of amides is 1. The zero-order chi connectivity index (χ0) is 18.1. The average Bonchev–Trinajstić information content (AvgIpc) is 2.51. The largest absolute Gasteiger partial charge is 0.394 e. The van der Waals surface area contributed by atoms with Crippen LogP contribution in [0.15, 0.2) is 29.4 Å². The number of carbonyl (C=O) groups excluding carboxylic acids is 1. The van der Waals surface area contributed by atoms with E-state index in [2.05, 4.69) is 27.5 Å². The SMILES string of the molecule is C=CC(=O)N1C[C@@H](c2cc(Cl)nc(Br)c2)N(S(C)(=O)=O)C[C@@H]1CO. The van der Waals surface area contributed by atoms with Crippen LogP contribution in [0.1, 0.15) is 11.6 Å². The van der Waals surface area contributed by atoms with Crippen molar-refractivity contribution in [1.29, 1.82) is 0 Å². The maximum absolute atomic E-state index is 12.2. The van der Waals surface area contributed by atoms with E-state index < -0.39 is 22.1 Å². The second-order valence-electron chi connectivity index (χ2n) is 5.43. The van der Waals surface area contributed by atoms with Gasteiger partial charge < -0.3 is 10.0 Å². The van der Waals surface area contributed by atoms with Gasteiger partial charge in [-0.1, -0.05) is 18.2 Å². The Morgan fingerprint density at radius 3 is 2.71 bits per heavy atom. The van der Waals surface area contributed by atoms with Crippen LogP contribution in [0.25, 0.3) is 0 Å². The van der Waals surface area contributed by atoms with Gasteiger partial charge in [0, 0.05) is 13.1 Å². The predicted octanol–water partition coefficient (Wildman–Crippen LogP) is 1.19. The second kappa shape index (κ2) is 7.49. The van der Waals surface area contributed by atoms with Crippen molar-refractivity contribution < 1.29 is 18.3 Å². The first-order valence-electron chi connectivity index (χ1n) is 7.01. The lowest BCUT2D eigenvalue weighted by molar-refractivity contribution is -0.132. The quantitative estimate of drug-likeness (QED) is 0.563. The number of aliphatic hydroxyl groups excluding tert-OH is 1. The van der Waals surface area contributed by atoms with E-state index in [-0.39, 0.29) is 30.8 Å². The summed E-state index contributed by atoms with van der Waals surface area (Å²) in [7, 11) is -3.57. The fourth-order valence-electron chi connectivity index (χ4n) is 2.72. The first-order valence-corrected chi connectivity index (χ1v) is 10.0. The van der Waals surface area contributed by atoms with Crippen molar-refractivity contribution in [3.63, 3.8) is 0 Å². The number of carbonyl (C=O) groups is 1. The normalized spacial score (nSPS) is 22.4. The molecule has 2 rings (SSSR count). The molecule has 2 atom stereocenters. The summed E-state index contributed by atoms with van der Waals surface area (Å²) in [4.78, 5) is 17.5. The maximum Gasteiger partial charge on any atom is 0.246 e. The molecule has 1 saturated heterocycles. The van der Waals surface area contributed by atoms with Crippen LogP contribution in [0.3, 0.4) is 0 Å². The summed E-state index contributed by atoms with van der Waals surface area (Å²) in [5.74, 6) is -0.369. The molecule has 0 spiro atoms. The molecule has 1 aliphatic heterocycles. The van der Waals surface area contributed by atoms with Crippen molar-refractivity contribution in [3.8, 4) is 0 Å². The standard InChI is InChI=1S/C14H17BrClN3O4S/c1-3-14(21)18-7-11(9-4-12(15)17-13(16)5-9)19(24(2,22)23)6-10(18)8-20/h3-5,10-11,20H,1,6-8H2,2H3/t10-,11+/m1/s1. The molecule has 7 nitrogen and oxygen atoms in total. The Balaban J connectivity index is 2.50. The summed E-state index contributed by atoms with van der Waals surface area (Å²) in [6, 6.07) is 1.95. The monoisotopic (exact) mass is 437 g/mol. The van der Waals surface area contributed by atoms with Gasteiger partial charge in [-0.05, 0) is 39.7 Å². The van der Waals surface area contributed by atoms with E-state index >= 15 is 0 Å². The number of aliphatic hydroxyl groups is 1. The summed E-state index contributed by atoms with van der Waals surface area (Å²) in [5, 5.41) is 9.75. The molecule has 1 aliphatic rings. The second-order valence-corrected chi connectivity index (χ2v) is 8.56. The van der Waals surface area contributed by atoms with Gasteiger partial charge in [-0.2, -0.15) is 4.31 Å². The molecule has 0 aliphatic carbocycles. The molecular formula is C14H17BrClN3O4S. The smallest absolute Gasteiger partial charge is 0.246 e. The van der Waals surface area contributed by atoms with Crippen LogP contribution in [0, 0.1) is 0 Å². The minimum absolute atomic E-state index is 0.0167. The van der Waals surface area contributed by atoms with Crippen LogP contribution in [-0.4, -0.2) is 65.6 Å². The molecule has 0 bridgehead atoms. The van der Waals surface area contributed by atoms with Gasteiger partial charge in [0.05, 0.1) is 24.9 Å². The molecule has 0 aromatic carbocycles. The molecule has 2 heterocycles. The van der Waals surface area contributed by atoms with Crippen molar-refractivity contribution in [1.82, 2.24) is 14.2 Å². The van der Waals surface area contributed by atoms with Gasteiger partial charge in [0.2, 0.25) is 15.9 Å².